The van der Waals surface area contributed by atoms with Gasteiger partial charge in [-0.05, 0) is 79.5 Å². The number of nitrogens with zero attached hydrogens (tertiary/aromatic N) is 2. The molecule has 0 spiro atoms. The minimum Gasteiger partial charge on any atom is -0.494 e. The molecule has 4 rings (SSSR count). The average Bonchev–Trinajstić information content (AvgIpc) is 3.30. The summed E-state index contributed by atoms with van der Waals surface area (Å²) >= 11 is 6.32. The fourth-order valence-electron chi connectivity index (χ4n) is 3.62. The first kappa shape index (κ1) is 23.7. The van der Waals surface area contributed by atoms with Gasteiger partial charge >= 0.3 is 5.97 Å². The van der Waals surface area contributed by atoms with Gasteiger partial charge in [-0.15, -0.1) is 11.3 Å². The van der Waals surface area contributed by atoms with Crippen LogP contribution in [0.2, 0.25) is 0 Å². The average molecular weight is 547 g/mol. The minimum atomic E-state index is -0.639. The summed E-state index contributed by atoms with van der Waals surface area (Å²) < 4.78 is 14.2. The predicted molar refractivity (Wildman–Crippen MR) is 135 cm³/mol. The summed E-state index contributed by atoms with van der Waals surface area (Å²) in [5, 5.41) is 0. The van der Waals surface area contributed by atoms with Crippen molar-refractivity contribution in [3.05, 3.63) is 81.6 Å². The van der Waals surface area contributed by atoms with Crippen molar-refractivity contribution < 1.29 is 14.3 Å². The van der Waals surface area contributed by atoms with Crippen LogP contribution in [0, 0.1) is 0 Å². The lowest BCUT2D eigenvalue weighted by molar-refractivity contribution is -0.143. The highest BCUT2D eigenvalue weighted by Gasteiger charge is 2.33. The zero-order valence-electron chi connectivity index (χ0n) is 18.6. The highest BCUT2D eigenvalue weighted by molar-refractivity contribution is 9.11. The van der Waals surface area contributed by atoms with E-state index in [1.807, 2.05) is 49.4 Å². The van der Waals surface area contributed by atoms with Crippen LogP contribution < -0.4 is 19.6 Å². The fourth-order valence-corrected chi connectivity index (χ4v) is 6.10. The smallest absolute Gasteiger partial charge is 0.338 e. The van der Waals surface area contributed by atoms with Gasteiger partial charge in [0.15, 0.2) is 4.80 Å². The van der Waals surface area contributed by atoms with Crippen molar-refractivity contribution in [2.75, 3.05) is 6.61 Å². The molecule has 0 saturated heterocycles. The van der Waals surface area contributed by atoms with Crippen LogP contribution in [0.4, 0.5) is 0 Å². The monoisotopic (exact) mass is 546 g/mol. The predicted octanol–water partition coefficient (Wildman–Crippen LogP) is 4.41. The third-order valence-corrected chi connectivity index (χ3v) is 7.51. The van der Waals surface area contributed by atoms with Gasteiger partial charge in [-0.25, -0.2) is 9.79 Å². The molecule has 172 valence electrons. The van der Waals surface area contributed by atoms with Crippen LogP contribution >= 0.6 is 38.6 Å². The molecule has 0 aliphatic carbocycles. The second kappa shape index (κ2) is 9.79. The maximum atomic E-state index is 13.6. The lowest BCUT2D eigenvalue weighted by Gasteiger charge is -2.25. The van der Waals surface area contributed by atoms with Gasteiger partial charge < -0.3 is 9.47 Å². The Labute approximate surface area is 207 Å². The second-order valence-corrected chi connectivity index (χ2v) is 11.2. The van der Waals surface area contributed by atoms with Crippen LogP contribution in [-0.2, 0) is 9.53 Å². The van der Waals surface area contributed by atoms with Crippen molar-refractivity contribution in [3.63, 3.8) is 0 Å². The molecule has 3 heterocycles. The number of ether oxygens (including phenoxy) is 2. The maximum Gasteiger partial charge on any atom is 0.338 e. The molecule has 0 bridgehead atoms. The van der Waals surface area contributed by atoms with Crippen LogP contribution in [0.5, 0.6) is 5.75 Å². The number of thiophene rings is 1. The van der Waals surface area contributed by atoms with Crippen molar-refractivity contribution in [1.82, 2.24) is 4.57 Å². The highest BCUT2D eigenvalue weighted by atomic mass is 79.9. The number of rotatable bonds is 6. The first-order valence-electron chi connectivity index (χ1n) is 10.5. The van der Waals surface area contributed by atoms with E-state index in [4.69, 9.17) is 9.47 Å². The van der Waals surface area contributed by atoms with E-state index in [1.165, 1.54) is 11.3 Å². The van der Waals surface area contributed by atoms with E-state index in [-0.39, 0.29) is 11.7 Å². The number of aromatic nitrogens is 1. The van der Waals surface area contributed by atoms with Gasteiger partial charge in [0.2, 0.25) is 0 Å². The lowest BCUT2D eigenvalue weighted by atomic mass is 9.96. The molecule has 1 aliphatic rings. The Morgan fingerprint density at radius 1 is 1.21 bits per heavy atom. The molecule has 1 aromatic carbocycles. The first-order chi connectivity index (χ1) is 15.8. The summed E-state index contributed by atoms with van der Waals surface area (Å²) in [6.07, 6.45) is 1.57. The molecule has 3 aromatic rings. The second-order valence-electron chi connectivity index (χ2n) is 7.68. The SMILES string of the molecule is CCOc1ccc([C@@H]2C(C(=O)OC(C)C)=C(C)N=c3s/c(=C/c4ccc(Br)s4)c(=O)n32)cc1. The molecule has 9 heteroatoms. The third kappa shape index (κ3) is 4.90. The van der Waals surface area contributed by atoms with Crippen molar-refractivity contribution in [2.45, 2.75) is 39.8 Å². The Morgan fingerprint density at radius 3 is 2.55 bits per heavy atom. The highest BCUT2D eigenvalue weighted by Crippen LogP contribution is 2.32. The van der Waals surface area contributed by atoms with E-state index >= 15 is 0 Å². The van der Waals surface area contributed by atoms with E-state index in [9.17, 15) is 9.59 Å². The molecular weight excluding hydrogens is 524 g/mol. The largest absolute Gasteiger partial charge is 0.494 e. The standard InChI is InChI=1S/C24H23BrN2O4S2/c1-5-30-16-8-6-15(7-9-16)21-20(23(29)31-13(2)3)14(4)26-24-27(21)22(28)18(33-24)12-17-10-11-19(25)32-17/h6-13,21H,5H2,1-4H3/b18-12+/t21-/m1/s1. The molecule has 0 amide bonds. The van der Waals surface area contributed by atoms with E-state index in [0.717, 1.165) is 20.0 Å². The summed E-state index contributed by atoms with van der Waals surface area (Å²) in [5.74, 6) is 0.255. The number of halogens is 1. The summed E-state index contributed by atoms with van der Waals surface area (Å²) in [5.41, 5.74) is 1.51. The van der Waals surface area contributed by atoms with Crippen molar-refractivity contribution in [2.24, 2.45) is 4.99 Å². The number of carbonyl (C=O) groups excluding carboxylic acids is 1. The molecule has 33 heavy (non-hydrogen) atoms. The Morgan fingerprint density at radius 2 is 1.94 bits per heavy atom. The molecule has 0 saturated carbocycles. The molecule has 6 nitrogen and oxygen atoms in total. The molecule has 0 fully saturated rings. The van der Waals surface area contributed by atoms with Gasteiger partial charge in [0.25, 0.3) is 5.56 Å². The number of carbonyl (C=O) groups is 1. The number of hydrogen-bond acceptors (Lipinski definition) is 7. The third-order valence-electron chi connectivity index (χ3n) is 4.96. The van der Waals surface area contributed by atoms with Gasteiger partial charge in [0.1, 0.15) is 5.75 Å². The summed E-state index contributed by atoms with van der Waals surface area (Å²) in [4.78, 5) is 32.8. The molecule has 0 unspecified atom stereocenters. The zero-order chi connectivity index (χ0) is 23.7. The summed E-state index contributed by atoms with van der Waals surface area (Å²) in [6, 6.07) is 10.7. The Hall–Kier alpha value is -2.49. The topological polar surface area (TPSA) is 69.9 Å². The Balaban J connectivity index is 1.91. The summed E-state index contributed by atoms with van der Waals surface area (Å²) in [6.45, 7) is 7.86. The van der Waals surface area contributed by atoms with Gasteiger partial charge in [-0.3, -0.25) is 9.36 Å². The van der Waals surface area contributed by atoms with Crippen LogP contribution in [0.25, 0.3) is 6.08 Å². The van der Waals surface area contributed by atoms with Crippen LogP contribution in [0.3, 0.4) is 0 Å². The van der Waals surface area contributed by atoms with Crippen LogP contribution in [0.1, 0.15) is 44.2 Å². The number of thiazole rings is 1. The zero-order valence-corrected chi connectivity index (χ0v) is 21.8. The Bertz CT molecular complexity index is 1400. The number of hydrogen-bond donors (Lipinski definition) is 0. The van der Waals surface area contributed by atoms with Crippen LogP contribution in [0.15, 0.2) is 61.2 Å². The molecule has 0 radical (unpaired) electrons. The lowest BCUT2D eigenvalue weighted by Crippen LogP contribution is -2.40. The van der Waals surface area contributed by atoms with Gasteiger partial charge in [-0.1, -0.05) is 23.5 Å². The van der Waals surface area contributed by atoms with Gasteiger partial charge in [0.05, 0.1) is 38.3 Å². The van der Waals surface area contributed by atoms with E-state index in [2.05, 4.69) is 20.9 Å². The summed E-state index contributed by atoms with van der Waals surface area (Å²) in [7, 11) is 0. The van der Waals surface area contributed by atoms with E-state index in [0.29, 0.717) is 27.2 Å². The van der Waals surface area contributed by atoms with Crippen LogP contribution in [-0.4, -0.2) is 23.2 Å². The van der Waals surface area contributed by atoms with Crippen molar-refractivity contribution in [3.8, 4) is 5.75 Å². The maximum absolute atomic E-state index is 13.6. The molecule has 1 atom stereocenters. The fraction of sp³-hybridized carbons (Fsp3) is 0.292. The number of allylic oxidation sites excluding steroid dienone is 1. The molecule has 0 N–H and O–H groups in total. The first-order valence-corrected chi connectivity index (χ1v) is 12.9. The molecule has 2 aromatic heterocycles. The molecular formula is C24H23BrN2O4S2. The number of fused-ring (bicyclic) bond motifs is 1. The quantitative estimate of drug-likeness (QED) is 0.429. The van der Waals surface area contributed by atoms with Gasteiger partial charge in [-0.2, -0.15) is 0 Å². The molecule has 1 aliphatic heterocycles. The number of benzene rings is 1. The Kier molecular flexibility index (Phi) is 7.02. The van der Waals surface area contributed by atoms with Crippen molar-refractivity contribution >= 4 is 50.6 Å². The minimum absolute atomic E-state index is 0.190. The number of esters is 1. The van der Waals surface area contributed by atoms with Gasteiger partial charge in [0, 0.05) is 4.88 Å². The normalized spacial score (nSPS) is 16.1. The van der Waals surface area contributed by atoms with E-state index in [1.54, 1.807) is 36.7 Å². The van der Waals surface area contributed by atoms with Crippen molar-refractivity contribution in [1.29, 1.82) is 0 Å². The van der Waals surface area contributed by atoms with E-state index < -0.39 is 12.0 Å².